The number of amides is 1. The van der Waals surface area contributed by atoms with Gasteiger partial charge in [-0.05, 0) is 31.8 Å². The lowest BCUT2D eigenvalue weighted by Gasteiger charge is -2.07. The third-order valence-electron chi connectivity index (χ3n) is 2.61. The van der Waals surface area contributed by atoms with E-state index in [2.05, 4.69) is 5.32 Å². The number of carbonyl (C=O) groups is 2. The molecule has 0 bridgehead atoms. The van der Waals surface area contributed by atoms with Crippen LogP contribution in [-0.4, -0.2) is 55.8 Å². The molecule has 0 aliphatic carbocycles. The van der Waals surface area contributed by atoms with Gasteiger partial charge in [-0.15, -0.1) is 0 Å². The molecule has 0 aliphatic heterocycles. The van der Waals surface area contributed by atoms with Crippen LogP contribution in [0.2, 0.25) is 0 Å². The molecule has 124 valence electrons. The first-order valence-corrected chi connectivity index (χ1v) is 9.97. The van der Waals surface area contributed by atoms with Crippen LogP contribution >= 0.6 is 23.5 Å². The van der Waals surface area contributed by atoms with Gasteiger partial charge in [-0.3, -0.25) is 9.59 Å². The highest BCUT2D eigenvalue weighted by molar-refractivity contribution is 7.98. The summed E-state index contributed by atoms with van der Waals surface area (Å²) in [5.41, 5.74) is 0. The zero-order valence-electron chi connectivity index (χ0n) is 13.0. The molecule has 0 saturated carbocycles. The van der Waals surface area contributed by atoms with Crippen molar-refractivity contribution in [3.05, 3.63) is 0 Å². The molecule has 0 atom stereocenters. The Hall–Kier alpha value is -0.400. The van der Waals surface area contributed by atoms with E-state index in [0.29, 0.717) is 26.1 Å². The molecule has 1 amide bonds. The maximum Gasteiger partial charge on any atom is 0.306 e. The summed E-state index contributed by atoms with van der Waals surface area (Å²) in [6.07, 6.45) is 7.68. The lowest BCUT2D eigenvalue weighted by molar-refractivity contribution is -0.143. The minimum absolute atomic E-state index is 0.0292. The summed E-state index contributed by atoms with van der Waals surface area (Å²) in [6, 6.07) is 0. The Bertz CT molecular complexity index is 252. The van der Waals surface area contributed by atoms with Crippen LogP contribution in [0.25, 0.3) is 0 Å². The maximum atomic E-state index is 11.3. The fraction of sp³-hybridized carbons (Fsp3) is 0.857. The number of nitrogens with one attached hydrogen (secondary N) is 1. The monoisotopic (exact) mass is 337 g/mol. The van der Waals surface area contributed by atoms with E-state index in [4.69, 9.17) is 9.47 Å². The van der Waals surface area contributed by atoms with E-state index >= 15 is 0 Å². The second-order valence-corrected chi connectivity index (χ2v) is 6.39. The first-order chi connectivity index (χ1) is 10.2. The van der Waals surface area contributed by atoms with Gasteiger partial charge in [0.25, 0.3) is 0 Å². The zero-order valence-corrected chi connectivity index (χ0v) is 14.7. The number of thioether (sulfide) groups is 2. The van der Waals surface area contributed by atoms with Gasteiger partial charge >= 0.3 is 5.97 Å². The van der Waals surface area contributed by atoms with E-state index in [1.807, 2.05) is 12.5 Å². The summed E-state index contributed by atoms with van der Waals surface area (Å²) in [5.74, 6) is 1.56. The van der Waals surface area contributed by atoms with Crippen molar-refractivity contribution < 1.29 is 19.1 Å². The third kappa shape index (κ3) is 15.8. The van der Waals surface area contributed by atoms with Crippen LogP contribution in [0, 0.1) is 0 Å². The lowest BCUT2D eigenvalue weighted by atomic mass is 10.2. The molecule has 0 aliphatic rings. The Morgan fingerprint density at radius 1 is 0.952 bits per heavy atom. The number of hydrogen-bond donors (Lipinski definition) is 1. The van der Waals surface area contributed by atoms with Crippen molar-refractivity contribution in [1.82, 2.24) is 5.32 Å². The van der Waals surface area contributed by atoms with Crippen LogP contribution in [0.15, 0.2) is 0 Å². The number of rotatable bonds is 14. The Morgan fingerprint density at radius 3 is 2.33 bits per heavy atom. The van der Waals surface area contributed by atoms with Crippen LogP contribution in [0.3, 0.4) is 0 Å². The highest BCUT2D eigenvalue weighted by atomic mass is 32.2. The SMILES string of the molecule is CSCCC(=O)NCOCCCCCOC(=O)CCSC. The van der Waals surface area contributed by atoms with Gasteiger partial charge < -0.3 is 14.8 Å². The number of carbonyl (C=O) groups excluding carboxylic acids is 2. The fourth-order valence-electron chi connectivity index (χ4n) is 1.41. The van der Waals surface area contributed by atoms with Crippen molar-refractivity contribution in [2.45, 2.75) is 32.1 Å². The second-order valence-electron chi connectivity index (χ2n) is 4.42. The molecular formula is C14H27NO4S2. The fourth-order valence-corrected chi connectivity index (χ4v) is 2.17. The van der Waals surface area contributed by atoms with Gasteiger partial charge in [-0.1, -0.05) is 0 Å². The highest BCUT2D eigenvalue weighted by Gasteiger charge is 2.01. The summed E-state index contributed by atoms with van der Waals surface area (Å²) in [5, 5.41) is 2.71. The number of esters is 1. The molecule has 0 fully saturated rings. The predicted octanol–water partition coefficient (Wildman–Crippen LogP) is 2.30. The van der Waals surface area contributed by atoms with Gasteiger partial charge in [0.2, 0.25) is 5.91 Å². The van der Waals surface area contributed by atoms with Crippen LogP contribution < -0.4 is 5.32 Å². The topological polar surface area (TPSA) is 64.6 Å². The Balaban J connectivity index is 3.19. The third-order valence-corrected chi connectivity index (χ3v) is 3.84. The molecule has 0 radical (unpaired) electrons. The standard InChI is InChI=1S/C14H27NO4S2/c1-20-10-6-13(16)15-12-18-8-4-3-5-9-19-14(17)7-11-21-2/h3-12H2,1-2H3,(H,15,16). The first-order valence-electron chi connectivity index (χ1n) is 7.18. The van der Waals surface area contributed by atoms with Gasteiger partial charge in [-0.2, -0.15) is 23.5 Å². The summed E-state index contributed by atoms with van der Waals surface area (Å²) < 4.78 is 10.4. The van der Waals surface area contributed by atoms with E-state index in [-0.39, 0.29) is 18.6 Å². The highest BCUT2D eigenvalue weighted by Crippen LogP contribution is 2.00. The summed E-state index contributed by atoms with van der Waals surface area (Å²) in [4.78, 5) is 22.5. The van der Waals surface area contributed by atoms with Crippen LogP contribution in [-0.2, 0) is 19.1 Å². The Labute approximate surface area is 136 Å². The molecule has 1 N–H and O–H groups in total. The minimum Gasteiger partial charge on any atom is -0.466 e. The van der Waals surface area contributed by atoms with E-state index in [9.17, 15) is 9.59 Å². The van der Waals surface area contributed by atoms with Gasteiger partial charge in [0.15, 0.2) is 0 Å². The lowest BCUT2D eigenvalue weighted by Crippen LogP contribution is -2.26. The average molecular weight is 338 g/mol. The van der Waals surface area contributed by atoms with E-state index < -0.39 is 0 Å². The summed E-state index contributed by atoms with van der Waals surface area (Å²) >= 11 is 3.29. The molecule has 0 aromatic heterocycles. The Morgan fingerprint density at radius 2 is 1.62 bits per heavy atom. The van der Waals surface area contributed by atoms with E-state index in [0.717, 1.165) is 30.8 Å². The summed E-state index contributed by atoms with van der Waals surface area (Å²) in [6.45, 7) is 1.37. The minimum atomic E-state index is -0.117. The van der Waals surface area contributed by atoms with E-state index in [1.165, 1.54) is 0 Å². The molecule has 0 saturated heterocycles. The molecule has 0 heterocycles. The number of hydrogen-bond acceptors (Lipinski definition) is 6. The van der Waals surface area contributed by atoms with Crippen molar-refractivity contribution in [2.24, 2.45) is 0 Å². The molecule has 0 aromatic carbocycles. The molecule has 5 nitrogen and oxygen atoms in total. The zero-order chi connectivity index (χ0) is 15.8. The Kier molecular flexibility index (Phi) is 15.7. The molecule has 0 spiro atoms. The van der Waals surface area contributed by atoms with Gasteiger partial charge in [0, 0.05) is 24.5 Å². The van der Waals surface area contributed by atoms with Gasteiger partial charge in [-0.25, -0.2) is 0 Å². The molecular weight excluding hydrogens is 310 g/mol. The second kappa shape index (κ2) is 16.0. The van der Waals surface area contributed by atoms with Crippen molar-refractivity contribution in [3.63, 3.8) is 0 Å². The molecule has 0 rings (SSSR count). The van der Waals surface area contributed by atoms with Crippen LogP contribution in [0.4, 0.5) is 0 Å². The smallest absolute Gasteiger partial charge is 0.306 e. The maximum absolute atomic E-state index is 11.3. The quantitative estimate of drug-likeness (QED) is 0.298. The largest absolute Gasteiger partial charge is 0.466 e. The van der Waals surface area contributed by atoms with Crippen LogP contribution in [0.1, 0.15) is 32.1 Å². The van der Waals surface area contributed by atoms with Crippen molar-refractivity contribution in [3.8, 4) is 0 Å². The van der Waals surface area contributed by atoms with Gasteiger partial charge in [0.1, 0.15) is 6.73 Å². The predicted molar refractivity (Wildman–Crippen MR) is 89.8 cm³/mol. The van der Waals surface area contributed by atoms with Crippen molar-refractivity contribution >= 4 is 35.4 Å². The average Bonchev–Trinajstić information content (AvgIpc) is 2.49. The normalized spacial score (nSPS) is 10.4. The molecule has 7 heteroatoms. The van der Waals surface area contributed by atoms with Crippen molar-refractivity contribution in [2.75, 3.05) is 44.0 Å². The van der Waals surface area contributed by atoms with Crippen LogP contribution in [0.5, 0.6) is 0 Å². The van der Waals surface area contributed by atoms with Gasteiger partial charge in [0.05, 0.1) is 13.0 Å². The number of ether oxygens (including phenoxy) is 2. The van der Waals surface area contributed by atoms with E-state index in [1.54, 1.807) is 23.5 Å². The first kappa shape index (κ1) is 20.6. The molecule has 0 unspecified atom stereocenters. The summed E-state index contributed by atoms with van der Waals surface area (Å²) in [7, 11) is 0. The molecule has 21 heavy (non-hydrogen) atoms. The van der Waals surface area contributed by atoms with Crippen molar-refractivity contribution in [1.29, 1.82) is 0 Å². The number of unbranched alkanes of at least 4 members (excludes halogenated alkanes) is 2. The molecule has 0 aromatic rings.